The Kier molecular flexibility index (Phi) is 3.59. The van der Waals surface area contributed by atoms with Crippen LogP contribution in [0.15, 0.2) is 70.5 Å². The van der Waals surface area contributed by atoms with Gasteiger partial charge in [0, 0.05) is 19.1 Å². The van der Waals surface area contributed by atoms with Gasteiger partial charge in [0.05, 0.1) is 0 Å². The molecule has 0 aliphatic rings. The maximum atomic E-state index is 11.9. The van der Waals surface area contributed by atoms with Crippen LogP contribution in [0.5, 0.6) is 0 Å². The summed E-state index contributed by atoms with van der Waals surface area (Å²) in [6, 6.07) is 19.5. The third-order valence-corrected chi connectivity index (χ3v) is 5.32. The zero-order chi connectivity index (χ0) is 10.5. The minimum atomic E-state index is -1.33. The van der Waals surface area contributed by atoms with Crippen LogP contribution >= 0.6 is 0 Å². The molecule has 0 aromatic heterocycles. The molecule has 0 fully saturated rings. The van der Waals surface area contributed by atoms with E-state index in [1.807, 2.05) is 60.7 Å². The highest BCUT2D eigenvalue weighted by Crippen LogP contribution is 2.04. The predicted molar refractivity (Wildman–Crippen MR) is 67.7 cm³/mol. The van der Waals surface area contributed by atoms with Gasteiger partial charge in [0.1, 0.15) is 0 Å². The van der Waals surface area contributed by atoms with Crippen molar-refractivity contribution >= 4 is 19.7 Å². The lowest BCUT2D eigenvalue weighted by atomic mass is 10.4. The Hall–Kier alpha value is -1.06. The fourth-order valence-electron chi connectivity index (χ4n) is 1.21. The zero-order valence-electron chi connectivity index (χ0n) is 8.08. The second-order valence-electron chi connectivity index (χ2n) is 3.04. The van der Waals surface area contributed by atoms with E-state index < -0.39 is 9.36 Å². The zero-order valence-corrected chi connectivity index (χ0v) is 9.87. The van der Waals surface area contributed by atoms with Crippen molar-refractivity contribution in [2.75, 3.05) is 0 Å². The minimum absolute atomic E-state index is 0.885. The van der Waals surface area contributed by atoms with Gasteiger partial charge in [-0.2, -0.15) is 0 Å². The van der Waals surface area contributed by atoms with Crippen LogP contribution in [0.2, 0.25) is 0 Å². The summed E-state index contributed by atoms with van der Waals surface area (Å²) in [7, 11) is -0.444. The maximum absolute atomic E-state index is 11.9. The summed E-state index contributed by atoms with van der Waals surface area (Å²) >= 11 is 0. The van der Waals surface area contributed by atoms with E-state index in [0.29, 0.717) is 0 Å². The third kappa shape index (κ3) is 2.94. The van der Waals surface area contributed by atoms with Crippen molar-refractivity contribution < 1.29 is 4.21 Å². The molecule has 1 atom stereocenters. The standard InChI is InChI=1S/C12H12OS2/c13-15(12-9-5-2-6-10-12)14-11-7-3-1-4-8-11/h1-10,14-15H. The molecule has 0 saturated heterocycles. The summed E-state index contributed by atoms with van der Waals surface area (Å²) in [6.07, 6.45) is 0. The molecule has 0 radical (unpaired) electrons. The molecule has 0 amide bonds. The molecular formula is C12H12OS2. The first-order chi connectivity index (χ1) is 7.36. The van der Waals surface area contributed by atoms with E-state index >= 15 is 0 Å². The third-order valence-electron chi connectivity index (χ3n) is 1.94. The quantitative estimate of drug-likeness (QED) is 0.765. The van der Waals surface area contributed by atoms with E-state index in [4.69, 9.17) is 0 Å². The normalized spacial score (nSPS) is 13.1. The van der Waals surface area contributed by atoms with Gasteiger partial charge in [-0.25, -0.2) is 0 Å². The van der Waals surface area contributed by atoms with Gasteiger partial charge in [0.15, 0.2) is 0 Å². The van der Waals surface area contributed by atoms with E-state index in [1.54, 1.807) is 0 Å². The first kappa shape index (κ1) is 10.5. The molecule has 0 saturated carbocycles. The average molecular weight is 236 g/mol. The van der Waals surface area contributed by atoms with Crippen molar-refractivity contribution in [3.05, 3.63) is 60.7 Å². The molecule has 2 aromatic rings. The SMILES string of the molecule is O=[SH](=[SH]/c1ccccc1)/c1ccccc1. The van der Waals surface area contributed by atoms with Gasteiger partial charge in [0.2, 0.25) is 0 Å². The second-order valence-corrected chi connectivity index (χ2v) is 6.51. The number of thiol groups is 2. The van der Waals surface area contributed by atoms with E-state index in [0.717, 1.165) is 20.1 Å². The lowest BCUT2D eigenvalue weighted by Gasteiger charge is -1.94. The molecule has 0 bridgehead atoms. The first-order valence-corrected chi connectivity index (χ1v) is 7.51. The lowest BCUT2D eigenvalue weighted by molar-refractivity contribution is 0.692. The Bertz CT molecular complexity index is 500. The van der Waals surface area contributed by atoms with Crippen LogP contribution in [0.1, 0.15) is 0 Å². The fraction of sp³-hybridized carbons (Fsp3) is 0. The topological polar surface area (TPSA) is 17.1 Å². The van der Waals surface area contributed by atoms with Crippen LogP contribution < -0.4 is 0 Å². The molecule has 15 heavy (non-hydrogen) atoms. The molecule has 0 aliphatic heterocycles. The molecule has 0 spiro atoms. The van der Waals surface area contributed by atoms with Crippen LogP contribution in [0, 0.1) is 0 Å². The van der Waals surface area contributed by atoms with Crippen molar-refractivity contribution in [1.29, 1.82) is 0 Å². The van der Waals surface area contributed by atoms with Crippen molar-refractivity contribution in [2.24, 2.45) is 0 Å². The van der Waals surface area contributed by atoms with Crippen LogP contribution in [-0.2, 0) is 19.7 Å². The number of benzene rings is 2. The smallest absolute Gasteiger partial charge is 0.0335 e. The van der Waals surface area contributed by atoms with Gasteiger partial charge >= 0.3 is 0 Å². The largest absolute Gasteiger partial charge is 0.260 e. The van der Waals surface area contributed by atoms with E-state index in [2.05, 4.69) is 0 Å². The number of hydrogen-bond acceptors (Lipinski definition) is 1. The number of rotatable bonds is 2. The molecule has 1 nitrogen and oxygen atoms in total. The van der Waals surface area contributed by atoms with Crippen LogP contribution in [-0.4, -0.2) is 4.21 Å². The van der Waals surface area contributed by atoms with Gasteiger partial charge < -0.3 is 0 Å². The monoisotopic (exact) mass is 236 g/mol. The van der Waals surface area contributed by atoms with E-state index in [1.165, 1.54) is 0 Å². The van der Waals surface area contributed by atoms with Crippen LogP contribution in [0.3, 0.4) is 0 Å². The molecule has 78 valence electrons. The van der Waals surface area contributed by atoms with E-state index in [-0.39, 0.29) is 0 Å². The minimum Gasteiger partial charge on any atom is -0.260 e. The Morgan fingerprint density at radius 2 is 1.33 bits per heavy atom. The maximum Gasteiger partial charge on any atom is 0.0335 e. The highest BCUT2D eigenvalue weighted by atomic mass is 32.8. The van der Waals surface area contributed by atoms with Crippen LogP contribution in [0.4, 0.5) is 0 Å². The van der Waals surface area contributed by atoms with Gasteiger partial charge in [-0.15, -0.1) is 10.3 Å². The molecule has 1 unspecified atom stereocenters. The fourth-order valence-corrected chi connectivity index (χ4v) is 4.05. The van der Waals surface area contributed by atoms with Crippen LogP contribution in [0.25, 0.3) is 0 Å². The second kappa shape index (κ2) is 5.14. The van der Waals surface area contributed by atoms with Gasteiger partial charge in [-0.3, -0.25) is 4.21 Å². The molecule has 2 rings (SSSR count). The average Bonchev–Trinajstić information content (AvgIpc) is 2.31. The highest BCUT2D eigenvalue weighted by Gasteiger charge is 1.90. The molecule has 3 heteroatoms. The Balaban J connectivity index is 2.34. The summed E-state index contributed by atoms with van der Waals surface area (Å²) in [5.74, 6) is 0. The highest BCUT2D eigenvalue weighted by molar-refractivity contribution is 8.29. The van der Waals surface area contributed by atoms with Crippen molar-refractivity contribution in [3.8, 4) is 0 Å². The summed E-state index contributed by atoms with van der Waals surface area (Å²) in [5.41, 5.74) is 0. The molecular weight excluding hydrogens is 224 g/mol. The molecule has 0 aliphatic carbocycles. The molecule has 0 N–H and O–H groups in total. The van der Waals surface area contributed by atoms with Crippen molar-refractivity contribution in [1.82, 2.24) is 0 Å². The lowest BCUT2D eigenvalue weighted by Crippen LogP contribution is -1.81. The van der Waals surface area contributed by atoms with Gasteiger partial charge in [-0.1, -0.05) is 36.4 Å². The van der Waals surface area contributed by atoms with Crippen molar-refractivity contribution in [2.45, 2.75) is 9.79 Å². The Labute approximate surface area is 94.4 Å². The molecule has 0 heterocycles. The van der Waals surface area contributed by atoms with Gasteiger partial charge in [0.25, 0.3) is 0 Å². The summed E-state index contributed by atoms with van der Waals surface area (Å²) in [5, 5.41) is 0. The van der Waals surface area contributed by atoms with E-state index in [9.17, 15) is 4.21 Å². The van der Waals surface area contributed by atoms with Gasteiger partial charge in [-0.05, 0) is 24.3 Å². The Morgan fingerprint density at radius 1 is 0.800 bits per heavy atom. The van der Waals surface area contributed by atoms with Crippen molar-refractivity contribution in [3.63, 3.8) is 0 Å². The Morgan fingerprint density at radius 3 is 1.93 bits per heavy atom. The number of hydrogen-bond donors (Lipinski definition) is 2. The predicted octanol–water partition coefficient (Wildman–Crippen LogP) is 2.32. The first-order valence-electron chi connectivity index (χ1n) is 4.65. The summed E-state index contributed by atoms with van der Waals surface area (Å²) in [6.45, 7) is 0. The summed E-state index contributed by atoms with van der Waals surface area (Å²) < 4.78 is 11.9. The summed E-state index contributed by atoms with van der Waals surface area (Å²) in [4.78, 5) is 2.01. The molecule has 2 aromatic carbocycles.